The molecule has 14 heavy (non-hydrogen) atoms. The molecule has 2 aromatic rings. The number of halogens is 1. The van der Waals surface area contributed by atoms with Gasteiger partial charge in [-0.05, 0) is 25.3 Å². The van der Waals surface area contributed by atoms with Crippen molar-refractivity contribution in [2.75, 3.05) is 0 Å². The molecule has 4 heteroatoms. The highest BCUT2D eigenvalue weighted by Gasteiger charge is 2.08. The third-order valence-electron chi connectivity index (χ3n) is 2.11. The first kappa shape index (κ1) is 9.27. The molecule has 0 aliphatic heterocycles. The quantitative estimate of drug-likeness (QED) is 0.673. The van der Waals surface area contributed by atoms with Gasteiger partial charge in [-0.3, -0.25) is 0 Å². The standard InChI is InChI=1S/C10H9FN2S/c1-6-7(2)12-10(13-9(6)11)8-3-4-14-5-8/h3-5H,1-2H3. The third kappa shape index (κ3) is 1.53. The van der Waals surface area contributed by atoms with Gasteiger partial charge in [0.2, 0.25) is 5.95 Å². The Kier molecular flexibility index (Phi) is 2.29. The van der Waals surface area contributed by atoms with Crippen LogP contribution < -0.4 is 0 Å². The van der Waals surface area contributed by atoms with Crippen molar-refractivity contribution in [1.82, 2.24) is 9.97 Å². The van der Waals surface area contributed by atoms with Crippen LogP contribution in [0.4, 0.5) is 4.39 Å². The lowest BCUT2D eigenvalue weighted by molar-refractivity contribution is 0.569. The Hall–Kier alpha value is -1.29. The molecule has 0 unspecified atom stereocenters. The summed E-state index contributed by atoms with van der Waals surface area (Å²) in [5, 5.41) is 3.83. The molecule has 2 aromatic heterocycles. The first-order chi connectivity index (χ1) is 6.68. The van der Waals surface area contributed by atoms with Crippen molar-refractivity contribution in [3.05, 3.63) is 34.0 Å². The molecule has 0 spiro atoms. The summed E-state index contributed by atoms with van der Waals surface area (Å²) < 4.78 is 13.3. The van der Waals surface area contributed by atoms with Gasteiger partial charge in [0.05, 0.1) is 0 Å². The number of nitrogens with zero attached hydrogens (tertiary/aromatic N) is 2. The molecule has 0 aliphatic carbocycles. The number of hydrogen-bond donors (Lipinski definition) is 0. The average molecular weight is 208 g/mol. The Morgan fingerprint density at radius 1 is 1.29 bits per heavy atom. The van der Waals surface area contributed by atoms with E-state index in [0.29, 0.717) is 17.1 Å². The van der Waals surface area contributed by atoms with E-state index >= 15 is 0 Å². The molecule has 2 rings (SSSR count). The van der Waals surface area contributed by atoms with E-state index < -0.39 is 5.95 Å². The molecule has 0 bridgehead atoms. The fourth-order valence-corrected chi connectivity index (χ4v) is 1.75. The van der Waals surface area contributed by atoms with Gasteiger partial charge in [0.1, 0.15) is 0 Å². The van der Waals surface area contributed by atoms with Gasteiger partial charge in [-0.25, -0.2) is 4.98 Å². The normalized spacial score (nSPS) is 10.5. The molecule has 72 valence electrons. The highest BCUT2D eigenvalue weighted by atomic mass is 32.1. The second kappa shape index (κ2) is 3.46. The lowest BCUT2D eigenvalue weighted by atomic mass is 10.2. The molecular formula is C10H9FN2S. The van der Waals surface area contributed by atoms with Crippen LogP contribution in [0.15, 0.2) is 16.8 Å². The predicted molar refractivity (Wildman–Crippen MR) is 54.8 cm³/mol. The van der Waals surface area contributed by atoms with Gasteiger partial charge >= 0.3 is 0 Å². The summed E-state index contributed by atoms with van der Waals surface area (Å²) in [4.78, 5) is 8.04. The fraction of sp³-hybridized carbons (Fsp3) is 0.200. The van der Waals surface area contributed by atoms with Gasteiger partial charge in [0, 0.05) is 22.2 Å². The second-order valence-corrected chi connectivity index (χ2v) is 3.84. The minimum Gasteiger partial charge on any atom is -0.233 e. The second-order valence-electron chi connectivity index (χ2n) is 3.06. The largest absolute Gasteiger partial charge is 0.233 e. The zero-order valence-corrected chi connectivity index (χ0v) is 8.73. The lowest BCUT2D eigenvalue weighted by Crippen LogP contribution is -1.99. The zero-order valence-electron chi connectivity index (χ0n) is 7.91. The average Bonchev–Trinajstić information content (AvgIpc) is 2.66. The summed E-state index contributed by atoms with van der Waals surface area (Å²) in [6.07, 6.45) is 0. The summed E-state index contributed by atoms with van der Waals surface area (Å²) in [6.45, 7) is 3.47. The van der Waals surface area contributed by atoms with Gasteiger partial charge in [-0.2, -0.15) is 20.7 Å². The van der Waals surface area contributed by atoms with Crippen LogP contribution in [0.3, 0.4) is 0 Å². The van der Waals surface area contributed by atoms with Crippen molar-refractivity contribution in [1.29, 1.82) is 0 Å². The number of hydrogen-bond acceptors (Lipinski definition) is 3. The maximum atomic E-state index is 13.3. The first-order valence-corrected chi connectivity index (χ1v) is 5.16. The fourth-order valence-electron chi connectivity index (χ4n) is 1.11. The van der Waals surface area contributed by atoms with E-state index in [-0.39, 0.29) is 0 Å². The minimum absolute atomic E-state index is 0.432. The van der Waals surface area contributed by atoms with Gasteiger partial charge in [0.25, 0.3) is 0 Å². The van der Waals surface area contributed by atoms with Crippen LogP contribution in [0.2, 0.25) is 0 Å². The van der Waals surface area contributed by atoms with Crippen LogP contribution in [-0.4, -0.2) is 9.97 Å². The van der Waals surface area contributed by atoms with E-state index in [4.69, 9.17) is 0 Å². The van der Waals surface area contributed by atoms with Crippen molar-refractivity contribution < 1.29 is 4.39 Å². The highest BCUT2D eigenvalue weighted by Crippen LogP contribution is 2.20. The molecule has 0 aromatic carbocycles. The molecule has 0 saturated heterocycles. The van der Waals surface area contributed by atoms with Crippen LogP contribution in [0.5, 0.6) is 0 Å². The molecule has 0 aliphatic rings. The van der Waals surface area contributed by atoms with E-state index in [1.54, 1.807) is 25.2 Å². The Morgan fingerprint density at radius 2 is 2.07 bits per heavy atom. The van der Waals surface area contributed by atoms with Gasteiger partial charge < -0.3 is 0 Å². The first-order valence-electron chi connectivity index (χ1n) is 4.22. The van der Waals surface area contributed by atoms with Crippen molar-refractivity contribution in [2.24, 2.45) is 0 Å². The van der Waals surface area contributed by atoms with Crippen molar-refractivity contribution >= 4 is 11.3 Å². The van der Waals surface area contributed by atoms with Gasteiger partial charge in [0.15, 0.2) is 5.82 Å². The number of thiophene rings is 1. The zero-order chi connectivity index (χ0) is 10.1. The minimum atomic E-state index is -0.432. The van der Waals surface area contributed by atoms with E-state index in [1.807, 2.05) is 16.8 Å². The Labute approximate surface area is 85.5 Å². The maximum absolute atomic E-state index is 13.3. The van der Waals surface area contributed by atoms with E-state index in [9.17, 15) is 4.39 Å². The summed E-state index contributed by atoms with van der Waals surface area (Å²) in [7, 11) is 0. The Balaban J connectivity index is 2.57. The Morgan fingerprint density at radius 3 is 2.64 bits per heavy atom. The van der Waals surface area contributed by atoms with Crippen LogP contribution in [0.1, 0.15) is 11.3 Å². The van der Waals surface area contributed by atoms with Crippen LogP contribution in [0.25, 0.3) is 11.4 Å². The molecule has 0 N–H and O–H groups in total. The molecule has 0 fully saturated rings. The number of rotatable bonds is 1. The molecule has 0 saturated carbocycles. The molecule has 0 radical (unpaired) electrons. The van der Waals surface area contributed by atoms with Crippen molar-refractivity contribution in [2.45, 2.75) is 13.8 Å². The van der Waals surface area contributed by atoms with E-state index in [2.05, 4.69) is 9.97 Å². The predicted octanol–water partition coefficient (Wildman–Crippen LogP) is 2.96. The highest BCUT2D eigenvalue weighted by molar-refractivity contribution is 7.08. The van der Waals surface area contributed by atoms with Gasteiger partial charge in [-0.15, -0.1) is 0 Å². The summed E-state index contributed by atoms with van der Waals surface area (Å²) in [5.74, 6) is 0.0329. The van der Waals surface area contributed by atoms with Gasteiger partial charge in [-0.1, -0.05) is 0 Å². The summed E-state index contributed by atoms with van der Waals surface area (Å²) in [5.41, 5.74) is 2.08. The molecule has 0 amide bonds. The summed E-state index contributed by atoms with van der Waals surface area (Å²) >= 11 is 1.55. The molecule has 0 atom stereocenters. The van der Waals surface area contributed by atoms with E-state index in [1.165, 1.54) is 0 Å². The third-order valence-corrected chi connectivity index (χ3v) is 2.79. The van der Waals surface area contributed by atoms with Crippen molar-refractivity contribution in [3.63, 3.8) is 0 Å². The number of aryl methyl sites for hydroxylation is 1. The smallest absolute Gasteiger partial charge is 0.219 e. The number of aromatic nitrogens is 2. The van der Waals surface area contributed by atoms with Crippen LogP contribution >= 0.6 is 11.3 Å². The topological polar surface area (TPSA) is 25.8 Å². The molecular weight excluding hydrogens is 199 g/mol. The SMILES string of the molecule is Cc1nc(-c2ccsc2)nc(F)c1C. The maximum Gasteiger partial charge on any atom is 0.219 e. The van der Waals surface area contributed by atoms with Crippen LogP contribution in [-0.2, 0) is 0 Å². The monoisotopic (exact) mass is 208 g/mol. The van der Waals surface area contributed by atoms with E-state index in [0.717, 1.165) is 5.56 Å². The van der Waals surface area contributed by atoms with Crippen LogP contribution in [0, 0.1) is 19.8 Å². The summed E-state index contributed by atoms with van der Waals surface area (Å²) in [6, 6.07) is 1.88. The molecule has 2 nitrogen and oxygen atoms in total. The van der Waals surface area contributed by atoms with Crippen molar-refractivity contribution in [3.8, 4) is 11.4 Å². The lowest BCUT2D eigenvalue weighted by Gasteiger charge is -2.02. The molecule has 2 heterocycles. The Bertz CT molecular complexity index is 428.